The Morgan fingerprint density at radius 2 is 0.828 bits per heavy atom. The predicted molar refractivity (Wildman–Crippen MR) is 250 cm³/mol. The molecule has 58 heavy (non-hydrogen) atoms. The van der Waals surface area contributed by atoms with E-state index in [0.717, 1.165) is 51.4 Å². The number of nitrogens with one attached hydrogen (secondary N) is 1. The van der Waals surface area contributed by atoms with Gasteiger partial charge in [0.15, 0.2) is 0 Å². The third-order valence-electron chi connectivity index (χ3n) is 12.1. The minimum Gasteiger partial charge on any atom is -0.462 e. The molecule has 0 aromatic heterocycles. The third-order valence-corrected chi connectivity index (χ3v) is 12.1. The molecule has 0 fully saturated rings. The molecule has 0 bridgehead atoms. The number of esters is 1. The lowest BCUT2D eigenvalue weighted by Gasteiger charge is -2.24. The fourth-order valence-electron chi connectivity index (χ4n) is 8.13. The van der Waals surface area contributed by atoms with Crippen LogP contribution in [0.3, 0.4) is 0 Å². The molecule has 6 heteroatoms. The van der Waals surface area contributed by atoms with Crippen LogP contribution in [0.15, 0.2) is 12.2 Å². The smallest absolute Gasteiger partial charge is 0.306 e. The van der Waals surface area contributed by atoms with Crippen LogP contribution in [0.1, 0.15) is 284 Å². The van der Waals surface area contributed by atoms with E-state index in [9.17, 15) is 19.8 Å². The highest BCUT2D eigenvalue weighted by Crippen LogP contribution is 2.18. The van der Waals surface area contributed by atoms with E-state index < -0.39 is 18.2 Å². The summed E-state index contributed by atoms with van der Waals surface area (Å²) in [5.41, 5.74) is 0. The third kappa shape index (κ3) is 41.3. The van der Waals surface area contributed by atoms with Crippen molar-refractivity contribution in [1.82, 2.24) is 5.32 Å². The van der Waals surface area contributed by atoms with Gasteiger partial charge in [-0.3, -0.25) is 9.59 Å². The average molecular weight is 820 g/mol. The summed E-state index contributed by atoms with van der Waals surface area (Å²) in [4.78, 5) is 26.1. The normalized spacial score (nSPS) is 13.3. The number of carbonyl (C=O) groups excluding carboxylic acids is 2. The van der Waals surface area contributed by atoms with Crippen molar-refractivity contribution in [2.45, 2.75) is 302 Å². The number of amides is 1. The van der Waals surface area contributed by atoms with Crippen LogP contribution in [-0.2, 0) is 14.3 Å². The summed E-state index contributed by atoms with van der Waals surface area (Å²) >= 11 is 0. The summed E-state index contributed by atoms with van der Waals surface area (Å²) < 4.78 is 5.93. The van der Waals surface area contributed by atoms with Crippen LogP contribution in [0.4, 0.5) is 0 Å². The number of aliphatic hydroxyl groups is 2. The van der Waals surface area contributed by atoms with Crippen molar-refractivity contribution in [3.8, 4) is 0 Å². The number of unbranched alkanes of at least 4 members (excludes halogenated alkanes) is 33. The number of hydrogen-bond acceptors (Lipinski definition) is 5. The molecule has 0 aliphatic heterocycles. The van der Waals surface area contributed by atoms with E-state index in [1.54, 1.807) is 0 Å². The predicted octanol–water partition coefficient (Wildman–Crippen LogP) is 15.3. The molecule has 344 valence electrons. The van der Waals surface area contributed by atoms with Crippen LogP contribution in [0.25, 0.3) is 0 Å². The molecule has 0 aliphatic rings. The second-order valence-electron chi connectivity index (χ2n) is 17.9. The van der Waals surface area contributed by atoms with E-state index in [1.165, 1.54) is 186 Å². The zero-order chi connectivity index (χ0) is 42.4. The Morgan fingerprint density at radius 1 is 0.483 bits per heavy atom. The molecule has 0 heterocycles. The van der Waals surface area contributed by atoms with Gasteiger partial charge in [0.1, 0.15) is 6.10 Å². The van der Waals surface area contributed by atoms with Crippen molar-refractivity contribution in [3.63, 3.8) is 0 Å². The molecule has 3 atom stereocenters. The van der Waals surface area contributed by atoms with Gasteiger partial charge in [-0.05, 0) is 51.4 Å². The van der Waals surface area contributed by atoms with Crippen molar-refractivity contribution < 1.29 is 24.5 Å². The van der Waals surface area contributed by atoms with Gasteiger partial charge in [-0.15, -0.1) is 0 Å². The van der Waals surface area contributed by atoms with Crippen LogP contribution in [-0.4, -0.2) is 46.9 Å². The topological polar surface area (TPSA) is 95.9 Å². The van der Waals surface area contributed by atoms with Crippen LogP contribution in [0, 0.1) is 0 Å². The van der Waals surface area contributed by atoms with E-state index >= 15 is 0 Å². The standard InChI is InChI=1S/C52H101NO5/c1-4-7-10-13-16-19-22-24-25-26-27-29-31-34-37-40-43-48(58-52(57)45-42-39-36-33-30-23-20-17-14-11-8-5-2)46-51(56)53-49(47-54)50(55)44-41-38-35-32-28-21-18-15-12-9-6-3/h17,20,48-50,54-55H,4-16,18-19,21-47H2,1-3H3,(H,53,56)/b20-17-. The molecule has 0 saturated heterocycles. The highest BCUT2D eigenvalue weighted by molar-refractivity contribution is 5.77. The molecule has 6 nitrogen and oxygen atoms in total. The number of aliphatic hydroxyl groups excluding tert-OH is 2. The molecule has 0 spiro atoms. The average Bonchev–Trinajstić information content (AvgIpc) is 3.22. The van der Waals surface area contributed by atoms with Gasteiger partial charge in [-0.1, -0.05) is 232 Å². The summed E-state index contributed by atoms with van der Waals surface area (Å²) in [5.74, 6) is -0.467. The van der Waals surface area contributed by atoms with Crippen LogP contribution >= 0.6 is 0 Å². The SMILES string of the molecule is CCCCC/C=C\CCCCCCCC(=O)OC(CCCCCCCCCCCCCCCCCC)CC(=O)NC(CO)C(O)CCCCCCCCCCCCC. The number of rotatable bonds is 47. The number of allylic oxidation sites excluding steroid dienone is 2. The zero-order valence-corrected chi connectivity index (χ0v) is 39.2. The van der Waals surface area contributed by atoms with Gasteiger partial charge in [0.05, 0.1) is 25.2 Å². The Labute approximate surface area is 361 Å². The first-order valence-electron chi connectivity index (χ1n) is 25.9. The van der Waals surface area contributed by atoms with Crippen LogP contribution in [0.5, 0.6) is 0 Å². The van der Waals surface area contributed by atoms with Crippen LogP contribution < -0.4 is 5.32 Å². The second kappa shape index (κ2) is 46.7. The molecule has 0 aromatic carbocycles. The van der Waals surface area contributed by atoms with Gasteiger partial charge < -0.3 is 20.3 Å². The lowest BCUT2D eigenvalue weighted by molar-refractivity contribution is -0.151. The van der Waals surface area contributed by atoms with Crippen molar-refractivity contribution in [1.29, 1.82) is 0 Å². The minimum atomic E-state index is -0.782. The van der Waals surface area contributed by atoms with Crippen molar-refractivity contribution in [2.24, 2.45) is 0 Å². The summed E-state index contributed by atoms with van der Waals surface area (Å²) in [6.45, 7) is 6.47. The number of hydrogen-bond donors (Lipinski definition) is 3. The Morgan fingerprint density at radius 3 is 1.26 bits per heavy atom. The van der Waals surface area contributed by atoms with Gasteiger partial charge >= 0.3 is 5.97 Å². The van der Waals surface area contributed by atoms with E-state index in [2.05, 4.69) is 38.2 Å². The lowest BCUT2D eigenvalue weighted by Crippen LogP contribution is -2.46. The van der Waals surface area contributed by atoms with Crippen molar-refractivity contribution in [2.75, 3.05) is 6.61 Å². The Kier molecular flexibility index (Phi) is 45.5. The van der Waals surface area contributed by atoms with Gasteiger partial charge in [0, 0.05) is 6.42 Å². The molecule has 0 saturated carbocycles. The quantitative estimate of drug-likeness (QED) is 0.0323. The largest absolute Gasteiger partial charge is 0.462 e. The van der Waals surface area contributed by atoms with Crippen molar-refractivity contribution >= 4 is 11.9 Å². The first-order chi connectivity index (χ1) is 28.5. The molecule has 3 unspecified atom stereocenters. The van der Waals surface area contributed by atoms with Gasteiger partial charge in [0.2, 0.25) is 5.91 Å². The molecular weight excluding hydrogens is 719 g/mol. The summed E-state index contributed by atoms with van der Waals surface area (Å²) in [7, 11) is 0. The highest BCUT2D eigenvalue weighted by atomic mass is 16.5. The monoisotopic (exact) mass is 820 g/mol. The molecule has 1 amide bonds. The van der Waals surface area contributed by atoms with E-state index in [-0.39, 0.29) is 24.9 Å². The molecular formula is C52H101NO5. The number of carbonyl (C=O) groups is 2. The van der Waals surface area contributed by atoms with E-state index in [0.29, 0.717) is 19.3 Å². The molecule has 0 aliphatic carbocycles. The first-order valence-corrected chi connectivity index (χ1v) is 25.9. The summed E-state index contributed by atoms with van der Waals surface area (Å²) in [5, 5.41) is 23.7. The van der Waals surface area contributed by atoms with Gasteiger partial charge in [0.25, 0.3) is 0 Å². The molecule has 0 rings (SSSR count). The summed E-state index contributed by atoms with van der Waals surface area (Å²) in [6.07, 6.45) is 51.3. The van der Waals surface area contributed by atoms with E-state index in [1.807, 2.05) is 0 Å². The fraction of sp³-hybridized carbons (Fsp3) is 0.923. The van der Waals surface area contributed by atoms with Gasteiger partial charge in [-0.2, -0.15) is 0 Å². The Bertz CT molecular complexity index is 878. The Hall–Kier alpha value is -1.40. The zero-order valence-electron chi connectivity index (χ0n) is 39.2. The highest BCUT2D eigenvalue weighted by Gasteiger charge is 2.24. The van der Waals surface area contributed by atoms with Crippen LogP contribution in [0.2, 0.25) is 0 Å². The second-order valence-corrected chi connectivity index (χ2v) is 17.9. The number of ether oxygens (including phenoxy) is 1. The first kappa shape index (κ1) is 56.6. The van der Waals surface area contributed by atoms with E-state index in [4.69, 9.17) is 4.74 Å². The minimum absolute atomic E-state index is 0.0815. The summed E-state index contributed by atoms with van der Waals surface area (Å²) in [6, 6.07) is -0.695. The maximum absolute atomic E-state index is 13.2. The maximum Gasteiger partial charge on any atom is 0.306 e. The lowest BCUT2D eigenvalue weighted by atomic mass is 10.0. The van der Waals surface area contributed by atoms with Gasteiger partial charge in [-0.25, -0.2) is 0 Å². The maximum atomic E-state index is 13.2. The van der Waals surface area contributed by atoms with Crippen molar-refractivity contribution in [3.05, 3.63) is 12.2 Å². The molecule has 0 aromatic rings. The Balaban J connectivity index is 4.54. The fourth-order valence-corrected chi connectivity index (χ4v) is 8.13. The molecule has 3 N–H and O–H groups in total. The molecule has 0 radical (unpaired) electrons.